The minimum atomic E-state index is -0.549. The van der Waals surface area contributed by atoms with Gasteiger partial charge in [-0.2, -0.15) is 5.10 Å². The molecule has 0 saturated carbocycles. The summed E-state index contributed by atoms with van der Waals surface area (Å²) in [4.78, 5) is 14.7. The highest BCUT2D eigenvalue weighted by Gasteiger charge is 2.23. The summed E-state index contributed by atoms with van der Waals surface area (Å²) in [7, 11) is 0. The van der Waals surface area contributed by atoms with Crippen molar-refractivity contribution in [3.8, 4) is 11.5 Å². The Bertz CT molecular complexity index is 817. The largest absolute Gasteiger partial charge is 0.454 e. The second-order valence-electron chi connectivity index (χ2n) is 6.74. The number of carbonyl (C=O) groups is 1. The average molecular weight is 357 g/mol. The van der Waals surface area contributed by atoms with Gasteiger partial charge in [0.05, 0.1) is 30.5 Å². The van der Waals surface area contributed by atoms with Crippen LogP contribution in [-0.4, -0.2) is 39.0 Å². The zero-order valence-electron chi connectivity index (χ0n) is 14.9. The minimum absolute atomic E-state index is 0.0797. The first-order chi connectivity index (χ1) is 12.6. The molecule has 2 aliphatic heterocycles. The van der Waals surface area contributed by atoms with Crippen LogP contribution in [0.1, 0.15) is 42.8 Å². The van der Waals surface area contributed by atoms with Crippen molar-refractivity contribution in [2.75, 3.05) is 13.3 Å². The molecule has 3 heterocycles. The van der Waals surface area contributed by atoms with E-state index in [1.807, 2.05) is 40.8 Å². The molecule has 0 unspecified atom stereocenters. The van der Waals surface area contributed by atoms with E-state index >= 15 is 0 Å². The molecule has 138 valence electrons. The second-order valence-corrected chi connectivity index (χ2v) is 6.74. The molecule has 1 N–H and O–H groups in total. The van der Waals surface area contributed by atoms with Crippen molar-refractivity contribution < 1.29 is 19.4 Å². The third kappa shape index (κ3) is 3.26. The van der Waals surface area contributed by atoms with E-state index in [-0.39, 0.29) is 12.7 Å². The lowest BCUT2D eigenvalue weighted by atomic mass is 10.1. The third-order valence-corrected chi connectivity index (χ3v) is 4.91. The Morgan fingerprint density at radius 1 is 1.27 bits per heavy atom. The predicted molar refractivity (Wildman–Crippen MR) is 93.8 cm³/mol. The molecular formula is C19H23N3O4. The van der Waals surface area contributed by atoms with Gasteiger partial charge in [-0.3, -0.25) is 9.48 Å². The number of ether oxygens (including phenoxy) is 2. The maximum absolute atomic E-state index is 12.8. The van der Waals surface area contributed by atoms with Crippen molar-refractivity contribution in [2.45, 2.75) is 45.4 Å². The summed E-state index contributed by atoms with van der Waals surface area (Å²) >= 11 is 0. The third-order valence-electron chi connectivity index (χ3n) is 4.91. The van der Waals surface area contributed by atoms with Crippen LogP contribution in [-0.2, 0) is 24.3 Å². The van der Waals surface area contributed by atoms with Gasteiger partial charge < -0.3 is 19.5 Å². The quantitative estimate of drug-likeness (QED) is 0.906. The molecule has 2 aliphatic rings. The lowest BCUT2D eigenvalue weighted by Gasteiger charge is -2.20. The van der Waals surface area contributed by atoms with Gasteiger partial charge in [-0.05, 0) is 36.6 Å². The molecule has 1 atom stereocenters. The van der Waals surface area contributed by atoms with Gasteiger partial charge in [-0.1, -0.05) is 13.0 Å². The zero-order chi connectivity index (χ0) is 18.1. The van der Waals surface area contributed by atoms with Crippen molar-refractivity contribution in [3.05, 3.63) is 41.2 Å². The Morgan fingerprint density at radius 2 is 2.12 bits per heavy atom. The van der Waals surface area contributed by atoms with Gasteiger partial charge >= 0.3 is 0 Å². The molecular weight excluding hydrogens is 334 g/mol. The van der Waals surface area contributed by atoms with Gasteiger partial charge in [0.25, 0.3) is 0 Å². The molecule has 1 amide bonds. The highest BCUT2D eigenvalue weighted by Crippen LogP contribution is 2.32. The molecule has 26 heavy (non-hydrogen) atoms. The number of hydrogen-bond acceptors (Lipinski definition) is 5. The molecule has 7 heteroatoms. The first-order valence-electron chi connectivity index (χ1n) is 9.05. The van der Waals surface area contributed by atoms with Crippen LogP contribution in [0.2, 0.25) is 0 Å². The van der Waals surface area contributed by atoms with E-state index in [0.717, 1.165) is 30.0 Å². The molecule has 1 aromatic carbocycles. The molecule has 2 aromatic rings. The van der Waals surface area contributed by atoms with Crippen LogP contribution in [0.5, 0.6) is 11.5 Å². The fourth-order valence-corrected chi connectivity index (χ4v) is 3.41. The lowest BCUT2D eigenvalue weighted by molar-refractivity contribution is -0.131. The fourth-order valence-electron chi connectivity index (χ4n) is 3.41. The number of rotatable bonds is 4. The first kappa shape index (κ1) is 16.9. The molecule has 0 aliphatic carbocycles. The van der Waals surface area contributed by atoms with Gasteiger partial charge in [-0.15, -0.1) is 0 Å². The van der Waals surface area contributed by atoms with Gasteiger partial charge in [0.1, 0.15) is 0 Å². The van der Waals surface area contributed by atoms with Gasteiger partial charge in [-0.25, -0.2) is 0 Å². The van der Waals surface area contributed by atoms with Crippen LogP contribution in [0, 0.1) is 0 Å². The van der Waals surface area contributed by atoms with E-state index in [0.29, 0.717) is 37.4 Å². The summed E-state index contributed by atoms with van der Waals surface area (Å²) in [5.74, 6) is 1.50. The number of benzene rings is 1. The van der Waals surface area contributed by atoms with Gasteiger partial charge in [0.15, 0.2) is 11.5 Å². The van der Waals surface area contributed by atoms with E-state index in [1.165, 1.54) is 0 Å². The van der Waals surface area contributed by atoms with E-state index in [2.05, 4.69) is 5.10 Å². The minimum Gasteiger partial charge on any atom is -0.454 e. The Kier molecular flexibility index (Phi) is 4.55. The highest BCUT2D eigenvalue weighted by molar-refractivity contribution is 5.79. The number of aromatic nitrogens is 2. The SMILES string of the molecule is CC[C@@H](O)c1cc2n(n1)CCCN(C(=O)Cc1ccc3c(c1)OCO3)C2. The van der Waals surface area contributed by atoms with E-state index in [4.69, 9.17) is 9.47 Å². The zero-order valence-corrected chi connectivity index (χ0v) is 14.9. The summed E-state index contributed by atoms with van der Waals surface area (Å²) < 4.78 is 12.6. The maximum Gasteiger partial charge on any atom is 0.231 e. The molecule has 7 nitrogen and oxygen atoms in total. The summed E-state index contributed by atoms with van der Waals surface area (Å²) in [6.07, 6.45) is 1.26. The Labute approximate surface area is 152 Å². The van der Waals surface area contributed by atoms with Crippen LogP contribution in [0.4, 0.5) is 0 Å². The second kappa shape index (κ2) is 6.99. The van der Waals surface area contributed by atoms with Crippen LogP contribution in [0.15, 0.2) is 24.3 Å². The molecule has 0 radical (unpaired) electrons. The molecule has 1 aromatic heterocycles. The standard InChI is InChI=1S/C19H23N3O4/c1-2-16(23)15-10-14-11-21(6-3-7-22(14)20-15)19(24)9-13-4-5-17-18(8-13)26-12-25-17/h4-5,8,10,16,23H,2-3,6-7,9,11-12H2,1H3/t16-/m1/s1. The lowest BCUT2D eigenvalue weighted by Crippen LogP contribution is -2.32. The van der Waals surface area contributed by atoms with E-state index < -0.39 is 6.10 Å². The average Bonchev–Trinajstić information content (AvgIpc) is 3.22. The number of nitrogens with zero attached hydrogens (tertiary/aromatic N) is 3. The topological polar surface area (TPSA) is 76.8 Å². The van der Waals surface area contributed by atoms with Crippen molar-refractivity contribution in [1.82, 2.24) is 14.7 Å². The number of aryl methyl sites for hydroxylation is 1. The summed E-state index contributed by atoms with van der Waals surface area (Å²) in [5, 5.41) is 14.5. The van der Waals surface area contributed by atoms with Crippen molar-refractivity contribution in [1.29, 1.82) is 0 Å². The van der Waals surface area contributed by atoms with E-state index in [9.17, 15) is 9.90 Å². The predicted octanol–water partition coefficient (Wildman–Crippen LogP) is 2.03. The molecule has 0 fully saturated rings. The van der Waals surface area contributed by atoms with Crippen molar-refractivity contribution >= 4 is 5.91 Å². The highest BCUT2D eigenvalue weighted by atomic mass is 16.7. The monoisotopic (exact) mass is 357 g/mol. The molecule has 0 bridgehead atoms. The Balaban J connectivity index is 1.47. The maximum atomic E-state index is 12.8. The first-order valence-corrected chi connectivity index (χ1v) is 9.05. The molecule has 4 rings (SSSR count). The Hall–Kier alpha value is -2.54. The van der Waals surface area contributed by atoms with Gasteiger partial charge in [0, 0.05) is 13.1 Å². The van der Waals surface area contributed by atoms with Crippen molar-refractivity contribution in [3.63, 3.8) is 0 Å². The van der Waals surface area contributed by atoms with Crippen LogP contribution in [0.3, 0.4) is 0 Å². The number of amides is 1. The fraction of sp³-hybridized carbons (Fsp3) is 0.474. The normalized spacial score (nSPS) is 16.9. The number of fused-ring (bicyclic) bond motifs is 2. The summed E-state index contributed by atoms with van der Waals surface area (Å²) in [6, 6.07) is 7.54. The Morgan fingerprint density at radius 3 is 2.96 bits per heavy atom. The van der Waals surface area contributed by atoms with Crippen LogP contribution < -0.4 is 9.47 Å². The molecule has 0 saturated heterocycles. The molecule has 0 spiro atoms. The summed E-state index contributed by atoms with van der Waals surface area (Å²) in [6.45, 7) is 4.15. The number of aliphatic hydroxyl groups excluding tert-OH is 1. The van der Waals surface area contributed by atoms with Crippen LogP contribution >= 0.6 is 0 Å². The number of hydrogen-bond donors (Lipinski definition) is 1. The van der Waals surface area contributed by atoms with Gasteiger partial charge in [0.2, 0.25) is 12.7 Å². The van der Waals surface area contributed by atoms with Crippen LogP contribution in [0.25, 0.3) is 0 Å². The van der Waals surface area contributed by atoms with E-state index in [1.54, 1.807) is 0 Å². The summed E-state index contributed by atoms with van der Waals surface area (Å²) in [5.41, 5.74) is 2.58. The smallest absolute Gasteiger partial charge is 0.231 e. The number of carbonyl (C=O) groups excluding carboxylic acids is 1. The number of aliphatic hydroxyl groups is 1. The van der Waals surface area contributed by atoms with Crippen molar-refractivity contribution in [2.24, 2.45) is 0 Å².